The zero-order valence-electron chi connectivity index (χ0n) is 11.4. The van der Waals surface area contributed by atoms with Crippen LogP contribution in [0.2, 0.25) is 0 Å². The minimum atomic E-state index is 0.735. The highest BCUT2D eigenvalue weighted by atomic mass is 15.3. The molecule has 1 heterocycles. The summed E-state index contributed by atoms with van der Waals surface area (Å²) in [6.07, 6.45) is 1.74. The van der Waals surface area contributed by atoms with Gasteiger partial charge in [-0.25, -0.2) is 10.8 Å². The van der Waals surface area contributed by atoms with E-state index in [1.807, 2.05) is 12.1 Å². The smallest absolute Gasteiger partial charge is 0.144 e. The van der Waals surface area contributed by atoms with Gasteiger partial charge in [0.25, 0.3) is 0 Å². The summed E-state index contributed by atoms with van der Waals surface area (Å²) < 4.78 is 0. The molecule has 0 fully saturated rings. The second-order valence-electron chi connectivity index (χ2n) is 4.75. The van der Waals surface area contributed by atoms with Crippen LogP contribution in [-0.4, -0.2) is 16.9 Å². The van der Waals surface area contributed by atoms with E-state index >= 15 is 0 Å². The average molecular weight is 256 g/mol. The molecule has 1 aromatic heterocycles. The van der Waals surface area contributed by atoms with E-state index in [2.05, 4.69) is 53.5 Å². The van der Waals surface area contributed by atoms with Crippen molar-refractivity contribution >= 4 is 5.82 Å². The van der Waals surface area contributed by atoms with Gasteiger partial charge in [-0.05, 0) is 31.2 Å². The lowest BCUT2D eigenvalue weighted by Crippen LogP contribution is -2.20. The van der Waals surface area contributed by atoms with Crippen molar-refractivity contribution in [2.24, 2.45) is 5.84 Å². The largest absolute Gasteiger partial charge is 0.308 e. The van der Waals surface area contributed by atoms with Gasteiger partial charge in [-0.1, -0.05) is 30.3 Å². The van der Waals surface area contributed by atoms with Crippen molar-refractivity contribution in [2.45, 2.75) is 20.0 Å². The fourth-order valence-corrected chi connectivity index (χ4v) is 2.12. The summed E-state index contributed by atoms with van der Waals surface area (Å²) in [5, 5.41) is 0. The van der Waals surface area contributed by atoms with Crippen LogP contribution < -0.4 is 11.3 Å². The van der Waals surface area contributed by atoms with Crippen molar-refractivity contribution in [3.63, 3.8) is 0 Å². The molecule has 2 aromatic rings. The van der Waals surface area contributed by atoms with Crippen LogP contribution in [0.4, 0.5) is 5.82 Å². The van der Waals surface area contributed by atoms with Crippen molar-refractivity contribution in [1.29, 1.82) is 0 Å². The Morgan fingerprint density at radius 1 is 1.11 bits per heavy atom. The Balaban J connectivity index is 2.05. The topological polar surface area (TPSA) is 54.2 Å². The summed E-state index contributed by atoms with van der Waals surface area (Å²) in [5.74, 6) is 6.21. The molecule has 4 heteroatoms. The van der Waals surface area contributed by atoms with Gasteiger partial charge in [0.1, 0.15) is 5.82 Å². The maximum Gasteiger partial charge on any atom is 0.144 e. The van der Waals surface area contributed by atoms with Crippen LogP contribution in [0.5, 0.6) is 0 Å². The van der Waals surface area contributed by atoms with E-state index in [0.29, 0.717) is 0 Å². The van der Waals surface area contributed by atoms with Crippen LogP contribution in [0, 0.1) is 6.92 Å². The highest BCUT2D eigenvalue weighted by Crippen LogP contribution is 2.15. The Morgan fingerprint density at radius 3 is 2.53 bits per heavy atom. The average Bonchev–Trinajstić information content (AvgIpc) is 2.42. The fraction of sp³-hybridized carbons (Fsp3) is 0.267. The highest BCUT2D eigenvalue weighted by Gasteiger charge is 2.07. The van der Waals surface area contributed by atoms with E-state index in [4.69, 9.17) is 5.84 Å². The van der Waals surface area contributed by atoms with Crippen LogP contribution in [0.25, 0.3) is 0 Å². The van der Waals surface area contributed by atoms with E-state index in [-0.39, 0.29) is 0 Å². The van der Waals surface area contributed by atoms with Crippen molar-refractivity contribution in [3.8, 4) is 0 Å². The van der Waals surface area contributed by atoms with Gasteiger partial charge in [-0.15, -0.1) is 0 Å². The van der Waals surface area contributed by atoms with Gasteiger partial charge in [0.15, 0.2) is 0 Å². The van der Waals surface area contributed by atoms with Crippen LogP contribution in [0.15, 0.2) is 42.6 Å². The first-order valence-electron chi connectivity index (χ1n) is 6.34. The van der Waals surface area contributed by atoms with E-state index in [9.17, 15) is 0 Å². The molecule has 0 spiro atoms. The number of nitrogens with two attached hydrogens (primary N) is 1. The third kappa shape index (κ3) is 3.53. The molecule has 0 bridgehead atoms. The maximum absolute atomic E-state index is 5.47. The molecule has 0 saturated carbocycles. The second kappa shape index (κ2) is 6.31. The molecule has 0 saturated heterocycles. The van der Waals surface area contributed by atoms with Crippen molar-refractivity contribution in [2.75, 3.05) is 12.5 Å². The van der Waals surface area contributed by atoms with E-state index in [0.717, 1.165) is 24.5 Å². The lowest BCUT2D eigenvalue weighted by molar-refractivity contribution is 0.318. The Labute approximate surface area is 114 Å². The summed E-state index contributed by atoms with van der Waals surface area (Å²) in [6, 6.07) is 12.4. The lowest BCUT2D eigenvalue weighted by atomic mass is 10.1. The van der Waals surface area contributed by atoms with Gasteiger partial charge >= 0.3 is 0 Å². The number of nitrogens with one attached hydrogen (secondary N) is 1. The molecular weight excluding hydrogens is 236 g/mol. The summed E-state index contributed by atoms with van der Waals surface area (Å²) in [6.45, 7) is 3.85. The van der Waals surface area contributed by atoms with Gasteiger partial charge in [-0.3, -0.25) is 4.90 Å². The molecular formula is C15H20N4. The minimum Gasteiger partial charge on any atom is -0.308 e. The number of aromatic nitrogens is 1. The maximum atomic E-state index is 5.47. The monoisotopic (exact) mass is 256 g/mol. The lowest BCUT2D eigenvalue weighted by Gasteiger charge is -2.19. The van der Waals surface area contributed by atoms with Crippen LogP contribution in [-0.2, 0) is 13.1 Å². The number of rotatable bonds is 5. The number of nitrogen functional groups attached to an aromatic ring is 1. The van der Waals surface area contributed by atoms with Gasteiger partial charge in [0.05, 0.1) is 0 Å². The number of hydrogen-bond donors (Lipinski definition) is 2. The van der Waals surface area contributed by atoms with Gasteiger partial charge in [0, 0.05) is 24.8 Å². The van der Waals surface area contributed by atoms with Gasteiger partial charge in [0.2, 0.25) is 0 Å². The highest BCUT2D eigenvalue weighted by molar-refractivity contribution is 5.42. The van der Waals surface area contributed by atoms with Crippen LogP contribution in [0.3, 0.4) is 0 Å². The minimum absolute atomic E-state index is 0.735. The zero-order valence-corrected chi connectivity index (χ0v) is 11.4. The standard InChI is InChI=1S/C15H20N4/c1-12-6-3-4-7-13(12)10-19(2)11-14-8-5-9-17-15(14)18-16/h3-9H,10-11,16H2,1-2H3,(H,17,18). The summed E-state index contributed by atoms with van der Waals surface area (Å²) >= 11 is 0. The normalized spacial score (nSPS) is 10.7. The van der Waals surface area contributed by atoms with E-state index in [1.54, 1.807) is 6.20 Å². The molecule has 0 amide bonds. The Bertz CT molecular complexity index is 539. The molecule has 1 aromatic carbocycles. The number of hydrazine groups is 1. The Morgan fingerprint density at radius 2 is 1.79 bits per heavy atom. The van der Waals surface area contributed by atoms with Gasteiger partial charge < -0.3 is 5.43 Å². The summed E-state index contributed by atoms with van der Waals surface area (Å²) in [7, 11) is 2.10. The molecule has 0 atom stereocenters. The van der Waals surface area contributed by atoms with E-state index < -0.39 is 0 Å². The van der Waals surface area contributed by atoms with Crippen molar-refractivity contribution in [3.05, 3.63) is 59.3 Å². The number of aryl methyl sites for hydroxylation is 1. The quantitative estimate of drug-likeness (QED) is 0.636. The first-order chi connectivity index (χ1) is 9.20. The first kappa shape index (κ1) is 13.5. The molecule has 0 aliphatic rings. The number of nitrogens with zero attached hydrogens (tertiary/aromatic N) is 2. The second-order valence-corrected chi connectivity index (χ2v) is 4.75. The van der Waals surface area contributed by atoms with Crippen LogP contribution in [0.1, 0.15) is 16.7 Å². The molecule has 100 valence electrons. The molecule has 2 rings (SSSR count). The summed E-state index contributed by atoms with van der Waals surface area (Å²) in [5.41, 5.74) is 6.40. The Hall–Kier alpha value is -1.91. The number of benzene rings is 1. The van der Waals surface area contributed by atoms with Crippen molar-refractivity contribution in [1.82, 2.24) is 9.88 Å². The fourth-order valence-electron chi connectivity index (χ4n) is 2.12. The van der Waals surface area contributed by atoms with Crippen molar-refractivity contribution < 1.29 is 0 Å². The predicted molar refractivity (Wildman–Crippen MR) is 78.4 cm³/mol. The molecule has 3 N–H and O–H groups in total. The Kier molecular flexibility index (Phi) is 4.49. The molecule has 0 radical (unpaired) electrons. The third-order valence-corrected chi connectivity index (χ3v) is 3.17. The number of hydrogen-bond acceptors (Lipinski definition) is 4. The number of anilines is 1. The predicted octanol–water partition coefficient (Wildman–Crippen LogP) is 2.31. The molecule has 0 unspecified atom stereocenters. The molecule has 19 heavy (non-hydrogen) atoms. The van der Waals surface area contributed by atoms with Crippen LogP contribution >= 0.6 is 0 Å². The molecule has 0 aliphatic heterocycles. The molecule has 0 aliphatic carbocycles. The zero-order chi connectivity index (χ0) is 13.7. The number of pyridine rings is 1. The first-order valence-corrected chi connectivity index (χ1v) is 6.34. The third-order valence-electron chi connectivity index (χ3n) is 3.17. The molecule has 4 nitrogen and oxygen atoms in total. The van der Waals surface area contributed by atoms with E-state index in [1.165, 1.54) is 11.1 Å². The SMILES string of the molecule is Cc1ccccc1CN(C)Cc1cccnc1NN. The van der Waals surface area contributed by atoms with Gasteiger partial charge in [-0.2, -0.15) is 0 Å². The summed E-state index contributed by atoms with van der Waals surface area (Å²) in [4.78, 5) is 6.46.